The summed E-state index contributed by atoms with van der Waals surface area (Å²) in [7, 11) is 4.05. The average molecular weight is 405 g/mol. The summed E-state index contributed by atoms with van der Waals surface area (Å²) in [5, 5.41) is 7.54. The monoisotopic (exact) mass is 404 g/mol. The van der Waals surface area contributed by atoms with Crippen LogP contribution in [0.5, 0.6) is 0 Å². The molecule has 1 N–H and O–H groups in total. The summed E-state index contributed by atoms with van der Waals surface area (Å²) in [6, 6.07) is 0. The molecule has 29 heavy (non-hydrogen) atoms. The van der Waals surface area contributed by atoms with Crippen molar-refractivity contribution < 1.29 is 4.79 Å². The summed E-state index contributed by atoms with van der Waals surface area (Å²) < 4.78 is 1.72. The first-order valence-electron chi connectivity index (χ1n) is 10.7. The Bertz CT molecular complexity index is 694. The van der Waals surface area contributed by atoms with Crippen molar-refractivity contribution in [2.24, 2.45) is 18.0 Å². The highest BCUT2D eigenvalue weighted by molar-refractivity contribution is 5.98. The van der Waals surface area contributed by atoms with Crippen LogP contribution in [0.2, 0.25) is 0 Å². The molecule has 1 atom stereocenters. The molecule has 0 radical (unpaired) electrons. The van der Waals surface area contributed by atoms with Crippen molar-refractivity contribution in [3.63, 3.8) is 0 Å². The molecule has 162 valence electrons. The first kappa shape index (κ1) is 21.6. The molecule has 0 spiro atoms. The number of carbonyl (C=O) groups is 1. The summed E-state index contributed by atoms with van der Waals surface area (Å²) in [6.07, 6.45) is 3.62. The number of hydrogen-bond acceptors (Lipinski definition) is 5. The van der Waals surface area contributed by atoms with Gasteiger partial charge in [-0.25, -0.2) is 0 Å². The predicted molar refractivity (Wildman–Crippen MR) is 116 cm³/mol. The fourth-order valence-electron chi connectivity index (χ4n) is 3.87. The molecule has 3 rings (SSSR count). The molecule has 3 heterocycles. The Labute approximate surface area is 174 Å². The SMILES string of the molecule is CCNC(=NCC(C)CN1CCN(C)CC1)N1CCN(c2cnn(C)c2)C(=O)C1. The number of piperazine rings is 2. The van der Waals surface area contributed by atoms with Gasteiger partial charge in [-0.2, -0.15) is 5.10 Å². The van der Waals surface area contributed by atoms with E-state index in [0.717, 1.165) is 64.0 Å². The smallest absolute Gasteiger partial charge is 0.246 e. The van der Waals surface area contributed by atoms with E-state index in [0.29, 0.717) is 19.0 Å². The van der Waals surface area contributed by atoms with Gasteiger partial charge in [0.15, 0.2) is 5.96 Å². The third kappa shape index (κ3) is 5.93. The van der Waals surface area contributed by atoms with Crippen LogP contribution in [0.1, 0.15) is 13.8 Å². The van der Waals surface area contributed by atoms with Crippen LogP contribution < -0.4 is 10.2 Å². The summed E-state index contributed by atoms with van der Waals surface area (Å²) in [4.78, 5) is 26.4. The Morgan fingerprint density at radius 2 is 1.97 bits per heavy atom. The van der Waals surface area contributed by atoms with E-state index >= 15 is 0 Å². The largest absolute Gasteiger partial charge is 0.357 e. The molecule has 9 heteroatoms. The molecule has 2 saturated heterocycles. The van der Waals surface area contributed by atoms with Gasteiger partial charge in [-0.15, -0.1) is 0 Å². The van der Waals surface area contributed by atoms with E-state index < -0.39 is 0 Å². The maximum Gasteiger partial charge on any atom is 0.246 e. The van der Waals surface area contributed by atoms with Gasteiger partial charge in [0.05, 0.1) is 11.9 Å². The van der Waals surface area contributed by atoms with E-state index in [1.54, 1.807) is 10.9 Å². The van der Waals surface area contributed by atoms with E-state index in [4.69, 9.17) is 4.99 Å². The van der Waals surface area contributed by atoms with Gasteiger partial charge in [0.2, 0.25) is 5.91 Å². The van der Waals surface area contributed by atoms with E-state index in [2.05, 4.69) is 46.0 Å². The van der Waals surface area contributed by atoms with Crippen LogP contribution >= 0.6 is 0 Å². The number of hydrogen-bond donors (Lipinski definition) is 1. The number of amides is 1. The fourth-order valence-corrected chi connectivity index (χ4v) is 3.87. The molecule has 9 nitrogen and oxygen atoms in total. The third-order valence-corrected chi connectivity index (χ3v) is 5.58. The van der Waals surface area contributed by atoms with Gasteiger partial charge >= 0.3 is 0 Å². The first-order chi connectivity index (χ1) is 14.0. The van der Waals surface area contributed by atoms with Crippen molar-refractivity contribution in [1.29, 1.82) is 0 Å². The molecule has 0 bridgehead atoms. The van der Waals surface area contributed by atoms with Gasteiger partial charge in [-0.1, -0.05) is 6.92 Å². The number of aliphatic imine (C=N–C) groups is 1. The lowest BCUT2D eigenvalue weighted by Gasteiger charge is -2.36. The van der Waals surface area contributed by atoms with Crippen LogP contribution in [0.3, 0.4) is 0 Å². The van der Waals surface area contributed by atoms with Crippen LogP contribution in [0.25, 0.3) is 0 Å². The van der Waals surface area contributed by atoms with Crippen LogP contribution in [0, 0.1) is 5.92 Å². The Balaban J connectivity index is 1.54. The molecular weight excluding hydrogens is 368 g/mol. The van der Waals surface area contributed by atoms with Gasteiger partial charge in [-0.3, -0.25) is 14.5 Å². The number of carbonyl (C=O) groups excluding carboxylic acids is 1. The number of aromatic nitrogens is 2. The van der Waals surface area contributed by atoms with Crippen molar-refractivity contribution in [1.82, 2.24) is 29.8 Å². The molecule has 2 aliphatic rings. The minimum atomic E-state index is 0.0836. The van der Waals surface area contributed by atoms with Gasteiger partial charge in [0.25, 0.3) is 0 Å². The van der Waals surface area contributed by atoms with E-state index in [-0.39, 0.29) is 5.91 Å². The Morgan fingerprint density at radius 1 is 1.21 bits per heavy atom. The minimum Gasteiger partial charge on any atom is -0.357 e. The van der Waals surface area contributed by atoms with E-state index in [1.807, 2.05) is 18.1 Å². The van der Waals surface area contributed by atoms with Gasteiger partial charge in [0.1, 0.15) is 6.54 Å². The first-order valence-corrected chi connectivity index (χ1v) is 10.7. The molecule has 0 saturated carbocycles. The van der Waals surface area contributed by atoms with Gasteiger partial charge < -0.3 is 24.9 Å². The molecule has 1 unspecified atom stereocenters. The van der Waals surface area contributed by atoms with Crippen LogP contribution in [0.15, 0.2) is 17.4 Å². The topological polar surface area (TPSA) is 72.2 Å². The van der Waals surface area contributed by atoms with Crippen molar-refractivity contribution >= 4 is 17.6 Å². The summed E-state index contributed by atoms with van der Waals surface area (Å²) in [5.41, 5.74) is 0.861. The number of nitrogens with zero attached hydrogens (tertiary/aromatic N) is 7. The van der Waals surface area contributed by atoms with E-state index in [9.17, 15) is 4.79 Å². The second-order valence-electron chi connectivity index (χ2n) is 8.24. The maximum absolute atomic E-state index is 12.7. The molecule has 1 aromatic rings. The van der Waals surface area contributed by atoms with Crippen LogP contribution in [0.4, 0.5) is 5.69 Å². The lowest BCUT2D eigenvalue weighted by Crippen LogP contribution is -2.55. The van der Waals surface area contributed by atoms with Gasteiger partial charge in [-0.05, 0) is 19.9 Å². The van der Waals surface area contributed by atoms with Crippen molar-refractivity contribution in [2.45, 2.75) is 13.8 Å². The highest BCUT2D eigenvalue weighted by Gasteiger charge is 2.27. The lowest BCUT2D eigenvalue weighted by atomic mass is 10.1. The number of likely N-dealkylation sites (N-methyl/N-ethyl adjacent to an activating group) is 1. The number of guanidine groups is 1. The molecule has 1 amide bonds. The molecule has 0 aliphatic carbocycles. The highest BCUT2D eigenvalue weighted by atomic mass is 16.2. The fraction of sp³-hybridized carbons (Fsp3) is 0.750. The zero-order valence-electron chi connectivity index (χ0n) is 18.3. The van der Waals surface area contributed by atoms with Crippen molar-refractivity contribution in [2.75, 3.05) is 77.4 Å². The lowest BCUT2D eigenvalue weighted by molar-refractivity contribution is -0.120. The number of aryl methyl sites for hydroxylation is 1. The minimum absolute atomic E-state index is 0.0836. The zero-order valence-corrected chi connectivity index (χ0v) is 18.3. The van der Waals surface area contributed by atoms with E-state index in [1.165, 1.54) is 0 Å². The second-order valence-corrected chi connectivity index (χ2v) is 8.24. The second kappa shape index (κ2) is 10.1. The predicted octanol–water partition coefficient (Wildman–Crippen LogP) is -0.0823. The van der Waals surface area contributed by atoms with Crippen LogP contribution in [-0.4, -0.2) is 109 Å². The van der Waals surface area contributed by atoms with Crippen LogP contribution in [-0.2, 0) is 11.8 Å². The summed E-state index contributed by atoms with van der Waals surface area (Å²) in [5.74, 6) is 1.41. The normalized spacial score (nSPS) is 21.0. The zero-order chi connectivity index (χ0) is 20.8. The molecule has 0 aromatic carbocycles. The Morgan fingerprint density at radius 3 is 2.59 bits per heavy atom. The standard InChI is InChI=1S/C20H36N8O/c1-5-21-20(22-12-17(2)14-26-8-6-24(3)7-9-26)27-10-11-28(19(29)16-27)18-13-23-25(4)15-18/h13,15,17H,5-12,14,16H2,1-4H3,(H,21,22). The number of nitrogens with one attached hydrogen (secondary N) is 1. The van der Waals surface area contributed by atoms with Gasteiger partial charge in [0, 0.05) is 72.1 Å². The Hall–Kier alpha value is -2.13. The van der Waals surface area contributed by atoms with Crippen molar-refractivity contribution in [3.05, 3.63) is 12.4 Å². The number of anilines is 1. The molecular formula is C20H36N8O. The average Bonchev–Trinajstić information content (AvgIpc) is 3.13. The Kier molecular flexibility index (Phi) is 7.49. The van der Waals surface area contributed by atoms with Crippen molar-refractivity contribution in [3.8, 4) is 0 Å². The third-order valence-electron chi connectivity index (χ3n) is 5.58. The summed E-state index contributed by atoms with van der Waals surface area (Å²) >= 11 is 0. The molecule has 1 aromatic heterocycles. The molecule has 2 fully saturated rings. The highest BCUT2D eigenvalue weighted by Crippen LogP contribution is 2.16. The maximum atomic E-state index is 12.7. The molecule has 2 aliphatic heterocycles. The summed E-state index contributed by atoms with van der Waals surface area (Å²) in [6.45, 7) is 13.3. The number of rotatable bonds is 6. The quantitative estimate of drug-likeness (QED) is 0.528.